The second-order valence-electron chi connectivity index (χ2n) is 3.49. The van der Waals surface area contributed by atoms with Crippen molar-refractivity contribution in [3.8, 4) is 0 Å². The lowest BCUT2D eigenvalue weighted by Crippen LogP contribution is -2.34. The van der Waals surface area contributed by atoms with Gasteiger partial charge >= 0.3 is 0 Å². The van der Waals surface area contributed by atoms with E-state index in [0.29, 0.717) is 10.6 Å². The molecule has 0 aliphatic rings. The van der Waals surface area contributed by atoms with Crippen molar-refractivity contribution in [2.45, 2.75) is 17.9 Å². The average molecular weight is 276 g/mol. The summed E-state index contributed by atoms with van der Waals surface area (Å²) in [6, 6.07) is 5.24. The minimum atomic E-state index is -0.151. The van der Waals surface area contributed by atoms with Crippen LogP contribution in [-0.2, 0) is 0 Å². The molecule has 1 amide bonds. The number of nitrogens with one attached hydrogen (secondary N) is 1. The minimum absolute atomic E-state index is 0.127. The first-order valence-corrected chi connectivity index (χ1v) is 7.04. The van der Waals surface area contributed by atoms with Crippen molar-refractivity contribution < 1.29 is 4.79 Å². The van der Waals surface area contributed by atoms with Crippen LogP contribution in [0, 0.1) is 0 Å². The number of carbonyl (C=O) groups excluding carboxylic acids is 1. The zero-order valence-corrected chi connectivity index (χ0v) is 11.6. The lowest BCUT2D eigenvalue weighted by Gasteiger charge is -2.13. The molecule has 0 aliphatic carbocycles. The Balaban J connectivity index is 2.76. The number of hydrogen-bond acceptors (Lipinski definition) is 3. The quantitative estimate of drug-likeness (QED) is 0.827. The molecule has 0 spiro atoms. The van der Waals surface area contributed by atoms with Crippen LogP contribution < -0.4 is 5.32 Å². The van der Waals surface area contributed by atoms with E-state index in [1.165, 1.54) is 0 Å². The van der Waals surface area contributed by atoms with Gasteiger partial charge in [-0.3, -0.25) is 4.79 Å². The predicted octanol–water partition coefficient (Wildman–Crippen LogP) is 3.11. The molecule has 1 rings (SSSR count). The number of thiol groups is 1. The van der Waals surface area contributed by atoms with Crippen molar-refractivity contribution in [3.63, 3.8) is 0 Å². The van der Waals surface area contributed by atoms with Crippen LogP contribution in [0.3, 0.4) is 0 Å². The SMILES string of the molecule is CSCC(C)NC(=O)c1cc(S)ccc1Cl. The fourth-order valence-corrected chi connectivity index (χ4v) is 2.27. The maximum atomic E-state index is 11.9. The molecule has 1 atom stereocenters. The van der Waals surface area contributed by atoms with Crippen molar-refractivity contribution in [1.29, 1.82) is 0 Å². The van der Waals surface area contributed by atoms with E-state index in [-0.39, 0.29) is 11.9 Å². The average Bonchev–Trinajstić information content (AvgIpc) is 2.21. The minimum Gasteiger partial charge on any atom is -0.349 e. The molecule has 0 heterocycles. The number of halogens is 1. The lowest BCUT2D eigenvalue weighted by molar-refractivity contribution is 0.0943. The third kappa shape index (κ3) is 3.92. The molecular weight excluding hydrogens is 262 g/mol. The first kappa shape index (κ1) is 13.7. The van der Waals surface area contributed by atoms with E-state index < -0.39 is 0 Å². The van der Waals surface area contributed by atoms with E-state index in [0.717, 1.165) is 10.6 Å². The summed E-state index contributed by atoms with van der Waals surface area (Å²) < 4.78 is 0. The summed E-state index contributed by atoms with van der Waals surface area (Å²) in [6.07, 6.45) is 2.00. The second kappa shape index (κ2) is 6.42. The Kier molecular flexibility index (Phi) is 5.52. The van der Waals surface area contributed by atoms with Gasteiger partial charge in [-0.15, -0.1) is 12.6 Å². The van der Waals surface area contributed by atoms with Crippen LogP contribution in [0.25, 0.3) is 0 Å². The van der Waals surface area contributed by atoms with Gasteiger partial charge in [0.25, 0.3) is 5.91 Å². The largest absolute Gasteiger partial charge is 0.349 e. The van der Waals surface area contributed by atoms with Gasteiger partial charge in [-0.25, -0.2) is 0 Å². The van der Waals surface area contributed by atoms with Gasteiger partial charge in [-0.05, 0) is 31.4 Å². The highest BCUT2D eigenvalue weighted by Crippen LogP contribution is 2.19. The van der Waals surface area contributed by atoms with Gasteiger partial charge in [0.1, 0.15) is 0 Å². The van der Waals surface area contributed by atoms with Gasteiger partial charge in [0, 0.05) is 16.7 Å². The Morgan fingerprint density at radius 1 is 1.62 bits per heavy atom. The summed E-state index contributed by atoms with van der Waals surface area (Å²) in [4.78, 5) is 12.6. The first-order chi connectivity index (χ1) is 7.54. The van der Waals surface area contributed by atoms with Crippen molar-refractivity contribution in [1.82, 2.24) is 5.32 Å². The zero-order chi connectivity index (χ0) is 12.1. The summed E-state index contributed by atoms with van der Waals surface area (Å²) in [5.74, 6) is 0.728. The standard InChI is InChI=1S/C11H14ClNOS2/c1-7(6-16-2)13-11(14)9-5-8(15)3-4-10(9)12/h3-5,7,15H,6H2,1-2H3,(H,13,14). The highest BCUT2D eigenvalue weighted by molar-refractivity contribution is 7.98. The van der Waals surface area contributed by atoms with E-state index in [9.17, 15) is 4.79 Å². The van der Waals surface area contributed by atoms with Crippen molar-refractivity contribution >= 4 is 41.9 Å². The van der Waals surface area contributed by atoms with E-state index in [2.05, 4.69) is 17.9 Å². The van der Waals surface area contributed by atoms with Gasteiger partial charge in [0.15, 0.2) is 0 Å². The summed E-state index contributed by atoms with van der Waals surface area (Å²) in [5, 5.41) is 3.34. The molecular formula is C11H14ClNOS2. The van der Waals surface area contributed by atoms with Crippen molar-refractivity contribution in [2.24, 2.45) is 0 Å². The second-order valence-corrected chi connectivity index (χ2v) is 5.33. The van der Waals surface area contributed by atoms with Crippen LogP contribution in [-0.4, -0.2) is 24.0 Å². The molecule has 0 aromatic heterocycles. The fraction of sp³-hybridized carbons (Fsp3) is 0.364. The molecule has 88 valence electrons. The molecule has 0 aliphatic heterocycles. The maximum Gasteiger partial charge on any atom is 0.253 e. The zero-order valence-electron chi connectivity index (χ0n) is 9.16. The van der Waals surface area contributed by atoms with E-state index in [1.807, 2.05) is 13.2 Å². The molecule has 5 heteroatoms. The third-order valence-electron chi connectivity index (χ3n) is 1.99. The molecule has 16 heavy (non-hydrogen) atoms. The lowest BCUT2D eigenvalue weighted by atomic mass is 10.2. The summed E-state index contributed by atoms with van der Waals surface area (Å²) in [7, 11) is 0. The Morgan fingerprint density at radius 2 is 2.31 bits per heavy atom. The van der Waals surface area contributed by atoms with Crippen LogP contribution >= 0.6 is 36.0 Å². The van der Waals surface area contributed by atoms with Crippen LogP contribution in [0.5, 0.6) is 0 Å². The number of rotatable bonds is 4. The molecule has 1 aromatic rings. The van der Waals surface area contributed by atoms with Crippen LogP contribution in [0.15, 0.2) is 23.1 Å². The normalized spacial score (nSPS) is 12.2. The Morgan fingerprint density at radius 3 is 2.94 bits per heavy atom. The van der Waals surface area contributed by atoms with E-state index in [4.69, 9.17) is 11.6 Å². The number of benzene rings is 1. The molecule has 0 saturated heterocycles. The number of carbonyl (C=O) groups is 1. The predicted molar refractivity (Wildman–Crippen MR) is 74.0 cm³/mol. The van der Waals surface area contributed by atoms with Crippen LogP contribution in [0.1, 0.15) is 17.3 Å². The molecule has 1 N–H and O–H groups in total. The number of thioether (sulfide) groups is 1. The molecule has 2 nitrogen and oxygen atoms in total. The first-order valence-electron chi connectivity index (χ1n) is 4.83. The molecule has 0 saturated carbocycles. The molecule has 0 radical (unpaired) electrons. The van der Waals surface area contributed by atoms with E-state index in [1.54, 1.807) is 30.0 Å². The van der Waals surface area contributed by atoms with Gasteiger partial charge in [-0.2, -0.15) is 11.8 Å². The molecule has 1 aromatic carbocycles. The topological polar surface area (TPSA) is 29.1 Å². The van der Waals surface area contributed by atoms with Crippen LogP contribution in [0.4, 0.5) is 0 Å². The molecule has 0 fully saturated rings. The van der Waals surface area contributed by atoms with Gasteiger partial charge in [0.05, 0.1) is 10.6 Å². The Bertz CT molecular complexity index is 384. The summed E-state index contributed by atoms with van der Waals surface area (Å²) >= 11 is 11.8. The van der Waals surface area contributed by atoms with Gasteiger partial charge < -0.3 is 5.32 Å². The van der Waals surface area contributed by atoms with Crippen molar-refractivity contribution in [3.05, 3.63) is 28.8 Å². The van der Waals surface area contributed by atoms with Gasteiger partial charge in [-0.1, -0.05) is 11.6 Å². The smallest absolute Gasteiger partial charge is 0.253 e. The van der Waals surface area contributed by atoms with Gasteiger partial charge in [0.2, 0.25) is 0 Å². The van der Waals surface area contributed by atoms with Crippen molar-refractivity contribution in [2.75, 3.05) is 12.0 Å². The Hall–Kier alpha value is -0.320. The number of amides is 1. The highest BCUT2D eigenvalue weighted by Gasteiger charge is 2.12. The maximum absolute atomic E-state index is 11.9. The summed E-state index contributed by atoms with van der Waals surface area (Å²) in [6.45, 7) is 1.97. The summed E-state index contributed by atoms with van der Waals surface area (Å²) in [5.41, 5.74) is 0.474. The highest BCUT2D eigenvalue weighted by atomic mass is 35.5. The monoisotopic (exact) mass is 275 g/mol. The number of hydrogen-bond donors (Lipinski definition) is 2. The fourth-order valence-electron chi connectivity index (χ4n) is 1.28. The third-order valence-corrected chi connectivity index (χ3v) is 3.43. The Labute approximate surface area is 111 Å². The molecule has 1 unspecified atom stereocenters. The van der Waals surface area contributed by atoms with E-state index >= 15 is 0 Å². The molecule has 0 bridgehead atoms. The van der Waals surface area contributed by atoms with Crippen LogP contribution in [0.2, 0.25) is 5.02 Å².